The minimum Gasteiger partial charge on any atom is -0.490 e. The standard InChI is InChI=1S/C23H29N5O2S.HI/c1-4-14-29-19-9-5-6-10-20(19)30-22-18(8-7-12-25-22)16-28-23(24-3)26-13-11-21-27-15-17(2)31-21;/h5-10,12,15H,4,11,13-14,16H2,1-3H3,(H2,24,26,28);1H. The second kappa shape index (κ2) is 13.9. The average molecular weight is 567 g/mol. The molecule has 9 heteroatoms. The Morgan fingerprint density at radius 3 is 2.62 bits per heavy atom. The Labute approximate surface area is 210 Å². The first-order valence-electron chi connectivity index (χ1n) is 10.4. The molecule has 0 amide bonds. The molecule has 0 spiro atoms. The van der Waals surface area contributed by atoms with Crippen LogP contribution in [0, 0.1) is 6.92 Å². The van der Waals surface area contributed by atoms with E-state index in [0.29, 0.717) is 30.5 Å². The summed E-state index contributed by atoms with van der Waals surface area (Å²) in [6.45, 7) is 6.06. The second-order valence-corrected chi connectivity index (χ2v) is 8.15. The van der Waals surface area contributed by atoms with E-state index in [0.717, 1.165) is 35.9 Å². The maximum atomic E-state index is 6.10. The van der Waals surface area contributed by atoms with Crippen molar-refractivity contribution in [3.05, 3.63) is 64.2 Å². The smallest absolute Gasteiger partial charge is 0.224 e. The Balaban J connectivity index is 0.00000363. The Morgan fingerprint density at radius 1 is 1.09 bits per heavy atom. The molecule has 0 aliphatic rings. The van der Waals surface area contributed by atoms with Crippen LogP contribution in [0.4, 0.5) is 0 Å². The van der Waals surface area contributed by atoms with Crippen LogP contribution in [0.1, 0.15) is 28.8 Å². The third-order valence-corrected chi connectivity index (χ3v) is 5.31. The summed E-state index contributed by atoms with van der Waals surface area (Å²) in [5.41, 5.74) is 0.922. The van der Waals surface area contributed by atoms with Crippen molar-refractivity contribution in [3.8, 4) is 17.4 Å². The van der Waals surface area contributed by atoms with Gasteiger partial charge < -0.3 is 20.1 Å². The highest BCUT2D eigenvalue weighted by atomic mass is 127. The Hall–Kier alpha value is -2.40. The zero-order chi connectivity index (χ0) is 21.9. The third-order valence-electron chi connectivity index (χ3n) is 4.34. The van der Waals surface area contributed by atoms with Crippen molar-refractivity contribution in [2.75, 3.05) is 20.2 Å². The molecule has 172 valence electrons. The van der Waals surface area contributed by atoms with E-state index in [9.17, 15) is 0 Å². The van der Waals surface area contributed by atoms with Gasteiger partial charge in [0, 0.05) is 49.4 Å². The summed E-state index contributed by atoms with van der Waals surface area (Å²) >= 11 is 1.72. The molecule has 0 saturated carbocycles. The minimum absolute atomic E-state index is 0. The average Bonchev–Trinajstić information content (AvgIpc) is 3.21. The maximum Gasteiger partial charge on any atom is 0.224 e. The number of hydrogen-bond acceptors (Lipinski definition) is 6. The fraction of sp³-hybridized carbons (Fsp3) is 0.348. The van der Waals surface area contributed by atoms with Crippen LogP contribution in [0.25, 0.3) is 0 Å². The number of rotatable bonds is 10. The zero-order valence-corrected chi connectivity index (χ0v) is 21.8. The van der Waals surface area contributed by atoms with Gasteiger partial charge in [0.05, 0.1) is 11.6 Å². The number of pyridine rings is 1. The minimum atomic E-state index is 0. The van der Waals surface area contributed by atoms with Crippen LogP contribution in [0.15, 0.2) is 53.8 Å². The monoisotopic (exact) mass is 567 g/mol. The quantitative estimate of drug-likeness (QED) is 0.205. The number of benzene rings is 1. The molecule has 0 fully saturated rings. The van der Waals surface area contributed by atoms with Gasteiger partial charge in [0.15, 0.2) is 17.5 Å². The first-order chi connectivity index (χ1) is 15.2. The van der Waals surface area contributed by atoms with E-state index in [4.69, 9.17) is 9.47 Å². The van der Waals surface area contributed by atoms with E-state index < -0.39 is 0 Å². The summed E-state index contributed by atoms with van der Waals surface area (Å²) < 4.78 is 11.9. The highest BCUT2D eigenvalue weighted by molar-refractivity contribution is 14.0. The van der Waals surface area contributed by atoms with Gasteiger partial charge in [-0.05, 0) is 31.5 Å². The van der Waals surface area contributed by atoms with E-state index in [1.54, 1.807) is 24.6 Å². The van der Waals surface area contributed by atoms with Crippen molar-refractivity contribution in [1.82, 2.24) is 20.6 Å². The fourth-order valence-corrected chi connectivity index (χ4v) is 3.61. The van der Waals surface area contributed by atoms with Crippen molar-refractivity contribution in [3.63, 3.8) is 0 Å². The first-order valence-corrected chi connectivity index (χ1v) is 11.2. The molecule has 0 atom stereocenters. The third kappa shape index (κ3) is 7.94. The molecule has 7 nitrogen and oxygen atoms in total. The van der Waals surface area contributed by atoms with Gasteiger partial charge in [0.2, 0.25) is 5.88 Å². The topological polar surface area (TPSA) is 80.7 Å². The molecular formula is C23H30IN5O2S. The second-order valence-electron chi connectivity index (χ2n) is 6.83. The van der Waals surface area contributed by atoms with Gasteiger partial charge in [-0.1, -0.05) is 25.1 Å². The molecule has 0 unspecified atom stereocenters. The summed E-state index contributed by atoms with van der Waals surface area (Å²) in [5, 5.41) is 7.76. The summed E-state index contributed by atoms with van der Waals surface area (Å²) in [4.78, 5) is 14.3. The molecule has 0 saturated heterocycles. The van der Waals surface area contributed by atoms with E-state index in [1.165, 1.54) is 4.88 Å². The first kappa shape index (κ1) is 25.9. The molecule has 2 aromatic heterocycles. The lowest BCUT2D eigenvalue weighted by molar-refractivity contribution is 0.300. The van der Waals surface area contributed by atoms with Crippen molar-refractivity contribution in [1.29, 1.82) is 0 Å². The molecule has 2 N–H and O–H groups in total. The number of halogens is 1. The number of thiazole rings is 1. The highest BCUT2D eigenvalue weighted by Gasteiger charge is 2.11. The normalized spacial score (nSPS) is 10.9. The van der Waals surface area contributed by atoms with Crippen LogP contribution in [0.5, 0.6) is 17.4 Å². The molecule has 32 heavy (non-hydrogen) atoms. The lowest BCUT2D eigenvalue weighted by Gasteiger charge is -2.15. The number of aliphatic imine (C=N–C) groups is 1. The largest absolute Gasteiger partial charge is 0.490 e. The molecule has 0 radical (unpaired) electrons. The van der Waals surface area contributed by atoms with Crippen molar-refractivity contribution in [2.45, 2.75) is 33.2 Å². The van der Waals surface area contributed by atoms with Gasteiger partial charge in [0.25, 0.3) is 0 Å². The maximum absolute atomic E-state index is 6.10. The lowest BCUT2D eigenvalue weighted by Crippen LogP contribution is -2.37. The molecule has 0 aliphatic heterocycles. The van der Waals surface area contributed by atoms with Crippen molar-refractivity contribution in [2.24, 2.45) is 4.99 Å². The molecule has 1 aromatic carbocycles. The van der Waals surface area contributed by atoms with Gasteiger partial charge in [-0.2, -0.15) is 0 Å². The molecule has 2 heterocycles. The molecule has 0 aliphatic carbocycles. The van der Waals surface area contributed by atoms with E-state index in [1.807, 2.05) is 42.6 Å². The number of aromatic nitrogens is 2. The van der Waals surface area contributed by atoms with Crippen molar-refractivity contribution < 1.29 is 9.47 Å². The fourth-order valence-electron chi connectivity index (χ4n) is 2.82. The molecular weight excluding hydrogens is 537 g/mol. The van der Waals surface area contributed by atoms with Crippen molar-refractivity contribution >= 4 is 41.3 Å². The molecule has 0 bridgehead atoms. The molecule has 3 rings (SSSR count). The number of ether oxygens (including phenoxy) is 2. The number of guanidine groups is 1. The zero-order valence-electron chi connectivity index (χ0n) is 18.6. The van der Waals surface area contributed by atoms with E-state index >= 15 is 0 Å². The van der Waals surface area contributed by atoms with Crippen LogP contribution >= 0.6 is 35.3 Å². The Morgan fingerprint density at radius 2 is 1.91 bits per heavy atom. The van der Waals surface area contributed by atoms with Crippen LogP contribution in [0.3, 0.4) is 0 Å². The highest BCUT2D eigenvalue weighted by Crippen LogP contribution is 2.31. The number of nitrogens with one attached hydrogen (secondary N) is 2. The Kier molecular flexibility index (Phi) is 11.2. The summed E-state index contributed by atoms with van der Waals surface area (Å²) in [6, 6.07) is 11.5. The van der Waals surface area contributed by atoms with Crippen LogP contribution in [-0.2, 0) is 13.0 Å². The van der Waals surface area contributed by atoms with Crippen LogP contribution in [-0.4, -0.2) is 36.1 Å². The van der Waals surface area contributed by atoms with Gasteiger partial charge in [0.1, 0.15) is 0 Å². The van der Waals surface area contributed by atoms with Gasteiger partial charge in [-0.3, -0.25) is 4.99 Å². The SMILES string of the molecule is CCCOc1ccccc1Oc1ncccc1CNC(=NC)NCCc1ncc(C)s1.I. The number of aryl methyl sites for hydroxylation is 1. The number of para-hydroxylation sites is 2. The van der Waals surface area contributed by atoms with Gasteiger partial charge in [-0.25, -0.2) is 9.97 Å². The number of hydrogen-bond donors (Lipinski definition) is 2. The lowest BCUT2D eigenvalue weighted by atomic mass is 10.2. The predicted molar refractivity (Wildman–Crippen MR) is 141 cm³/mol. The summed E-state index contributed by atoms with van der Waals surface area (Å²) in [7, 11) is 1.75. The number of nitrogens with zero attached hydrogens (tertiary/aromatic N) is 3. The van der Waals surface area contributed by atoms with Crippen LogP contribution < -0.4 is 20.1 Å². The summed E-state index contributed by atoms with van der Waals surface area (Å²) in [6.07, 6.45) is 5.41. The summed E-state index contributed by atoms with van der Waals surface area (Å²) in [5.74, 6) is 2.62. The molecule has 3 aromatic rings. The van der Waals surface area contributed by atoms with Gasteiger partial charge >= 0.3 is 0 Å². The van der Waals surface area contributed by atoms with E-state index in [-0.39, 0.29) is 24.0 Å². The predicted octanol–water partition coefficient (Wildman–Crippen LogP) is 4.95. The Bertz CT molecular complexity index is 996. The van der Waals surface area contributed by atoms with E-state index in [2.05, 4.69) is 39.4 Å². The van der Waals surface area contributed by atoms with Crippen LogP contribution in [0.2, 0.25) is 0 Å². The van der Waals surface area contributed by atoms with Gasteiger partial charge in [-0.15, -0.1) is 35.3 Å².